The molecule has 2 atom stereocenters. The minimum atomic E-state index is 0.241. The summed E-state index contributed by atoms with van der Waals surface area (Å²) in [4.78, 5) is 0. The van der Waals surface area contributed by atoms with E-state index in [0.717, 1.165) is 30.9 Å². The van der Waals surface area contributed by atoms with E-state index in [2.05, 4.69) is 5.32 Å². The Labute approximate surface area is 123 Å². The maximum Gasteiger partial charge on any atom is 0.111 e. The Balaban J connectivity index is 1.42. The number of rotatable bonds is 3. The smallest absolute Gasteiger partial charge is 0.111 e. The summed E-state index contributed by atoms with van der Waals surface area (Å²) in [6.07, 6.45) is 13.6. The molecule has 0 aromatic rings. The first-order chi connectivity index (χ1) is 9.86. The highest BCUT2D eigenvalue weighted by Crippen LogP contribution is 2.40. The monoisotopic (exact) mass is 281 g/mol. The Morgan fingerprint density at radius 2 is 1.50 bits per heavy atom. The average Bonchev–Trinajstić information content (AvgIpc) is 2.56. The minimum absolute atomic E-state index is 0.241. The highest BCUT2D eigenvalue weighted by Gasteiger charge is 2.34. The highest BCUT2D eigenvalue weighted by molar-refractivity contribution is 4.84. The third-order valence-electron chi connectivity index (χ3n) is 5.90. The molecular formula is C17H31NO2. The van der Waals surface area contributed by atoms with Crippen LogP contribution in [-0.2, 0) is 9.47 Å². The Morgan fingerprint density at radius 1 is 0.850 bits per heavy atom. The lowest BCUT2D eigenvalue weighted by atomic mass is 9.70. The van der Waals surface area contributed by atoms with Crippen LogP contribution in [-0.4, -0.2) is 32.6 Å². The van der Waals surface area contributed by atoms with Gasteiger partial charge in [0.25, 0.3) is 0 Å². The molecule has 3 heteroatoms. The molecule has 0 amide bonds. The van der Waals surface area contributed by atoms with Gasteiger partial charge in [0.2, 0.25) is 0 Å². The fourth-order valence-electron chi connectivity index (χ4n) is 4.56. The summed E-state index contributed by atoms with van der Waals surface area (Å²) in [5.41, 5.74) is 0. The maximum absolute atomic E-state index is 5.97. The molecule has 3 rings (SSSR count). The molecule has 0 radical (unpaired) electrons. The van der Waals surface area contributed by atoms with Crippen molar-refractivity contribution < 1.29 is 9.47 Å². The van der Waals surface area contributed by atoms with Crippen LogP contribution in [0.3, 0.4) is 0 Å². The van der Waals surface area contributed by atoms with Gasteiger partial charge < -0.3 is 9.47 Å². The van der Waals surface area contributed by atoms with Gasteiger partial charge >= 0.3 is 0 Å². The number of methoxy groups -OCH3 is 1. The zero-order valence-electron chi connectivity index (χ0n) is 13.0. The molecule has 1 heterocycles. The summed E-state index contributed by atoms with van der Waals surface area (Å²) in [5, 5.41) is 3.54. The SMILES string of the molecule is COC1CNC(C2CCC(C3CCCCC3)CC2)OC1. The Hall–Kier alpha value is -0.120. The van der Waals surface area contributed by atoms with Crippen LogP contribution < -0.4 is 5.32 Å². The molecule has 1 N–H and O–H groups in total. The van der Waals surface area contributed by atoms with Gasteiger partial charge in [-0.15, -0.1) is 0 Å². The molecule has 1 aliphatic heterocycles. The lowest BCUT2D eigenvalue weighted by Gasteiger charge is -2.40. The molecule has 0 bridgehead atoms. The van der Waals surface area contributed by atoms with Gasteiger partial charge in [0, 0.05) is 13.7 Å². The fraction of sp³-hybridized carbons (Fsp3) is 1.00. The van der Waals surface area contributed by atoms with Crippen molar-refractivity contribution in [3.63, 3.8) is 0 Å². The van der Waals surface area contributed by atoms with E-state index in [4.69, 9.17) is 9.47 Å². The molecule has 3 aliphatic rings. The third-order valence-corrected chi connectivity index (χ3v) is 5.90. The van der Waals surface area contributed by atoms with E-state index in [9.17, 15) is 0 Å². The largest absolute Gasteiger partial charge is 0.378 e. The molecule has 116 valence electrons. The van der Waals surface area contributed by atoms with Gasteiger partial charge in [0.05, 0.1) is 12.7 Å². The molecule has 2 unspecified atom stereocenters. The lowest BCUT2D eigenvalue weighted by molar-refractivity contribution is -0.106. The van der Waals surface area contributed by atoms with Gasteiger partial charge in [-0.25, -0.2) is 0 Å². The van der Waals surface area contributed by atoms with E-state index in [1.54, 1.807) is 7.11 Å². The first-order valence-corrected chi connectivity index (χ1v) is 8.74. The summed E-state index contributed by atoms with van der Waals surface area (Å²) in [6, 6.07) is 0. The zero-order valence-corrected chi connectivity index (χ0v) is 13.0. The van der Waals surface area contributed by atoms with Crippen LogP contribution in [0.4, 0.5) is 0 Å². The van der Waals surface area contributed by atoms with Gasteiger partial charge in [-0.2, -0.15) is 0 Å². The molecule has 1 saturated heterocycles. The number of hydrogen-bond donors (Lipinski definition) is 1. The van der Waals surface area contributed by atoms with Crippen molar-refractivity contribution >= 4 is 0 Å². The predicted octanol–water partition coefficient (Wildman–Crippen LogP) is 3.33. The van der Waals surface area contributed by atoms with Gasteiger partial charge in [-0.3, -0.25) is 5.32 Å². The van der Waals surface area contributed by atoms with Crippen molar-refractivity contribution in [3.8, 4) is 0 Å². The van der Waals surface area contributed by atoms with E-state index in [0.29, 0.717) is 0 Å². The molecule has 20 heavy (non-hydrogen) atoms. The van der Waals surface area contributed by atoms with Crippen LogP contribution in [0.1, 0.15) is 57.8 Å². The maximum atomic E-state index is 5.97. The molecule has 0 aromatic heterocycles. The van der Waals surface area contributed by atoms with Crippen molar-refractivity contribution in [3.05, 3.63) is 0 Å². The van der Waals surface area contributed by atoms with Crippen LogP contribution in [0.5, 0.6) is 0 Å². The number of hydrogen-bond acceptors (Lipinski definition) is 3. The molecule has 2 aliphatic carbocycles. The van der Waals surface area contributed by atoms with Crippen LogP contribution in [0.25, 0.3) is 0 Å². The van der Waals surface area contributed by atoms with Gasteiger partial charge in [0.15, 0.2) is 0 Å². The van der Waals surface area contributed by atoms with Gasteiger partial charge in [-0.05, 0) is 43.4 Å². The van der Waals surface area contributed by atoms with E-state index in [1.165, 1.54) is 57.8 Å². The average molecular weight is 281 g/mol. The summed E-state index contributed by atoms with van der Waals surface area (Å²) >= 11 is 0. The Morgan fingerprint density at radius 3 is 2.10 bits per heavy atom. The van der Waals surface area contributed by atoms with Crippen LogP contribution >= 0.6 is 0 Å². The second-order valence-corrected chi connectivity index (χ2v) is 7.09. The van der Waals surface area contributed by atoms with E-state index < -0.39 is 0 Å². The van der Waals surface area contributed by atoms with Crippen LogP contribution in [0.15, 0.2) is 0 Å². The lowest BCUT2D eigenvalue weighted by Crippen LogP contribution is -2.51. The standard InChI is InChI=1S/C17H31NO2/c1-19-16-11-18-17(20-12-16)15-9-7-14(8-10-15)13-5-3-2-4-6-13/h13-18H,2-12H2,1H3. The van der Waals surface area contributed by atoms with Gasteiger partial charge in [0.1, 0.15) is 6.23 Å². The van der Waals surface area contributed by atoms with Crippen LogP contribution in [0.2, 0.25) is 0 Å². The minimum Gasteiger partial charge on any atom is -0.378 e. The Bertz CT molecular complexity index is 275. The van der Waals surface area contributed by atoms with Crippen molar-refractivity contribution in [1.82, 2.24) is 5.32 Å². The molecule has 3 fully saturated rings. The second kappa shape index (κ2) is 7.24. The zero-order chi connectivity index (χ0) is 13.8. The summed E-state index contributed by atoms with van der Waals surface area (Å²) in [6.45, 7) is 1.71. The second-order valence-electron chi connectivity index (χ2n) is 7.09. The first-order valence-electron chi connectivity index (χ1n) is 8.74. The molecular weight excluding hydrogens is 250 g/mol. The number of ether oxygens (including phenoxy) is 2. The topological polar surface area (TPSA) is 30.5 Å². The summed E-state index contributed by atoms with van der Waals surface area (Å²) < 4.78 is 11.3. The summed E-state index contributed by atoms with van der Waals surface area (Å²) in [5.74, 6) is 2.79. The Kier molecular flexibility index (Phi) is 5.36. The highest BCUT2D eigenvalue weighted by atomic mass is 16.5. The van der Waals surface area contributed by atoms with E-state index in [-0.39, 0.29) is 12.3 Å². The molecule has 2 saturated carbocycles. The fourth-order valence-corrected chi connectivity index (χ4v) is 4.56. The first kappa shape index (κ1) is 14.8. The van der Waals surface area contributed by atoms with Crippen molar-refractivity contribution in [2.24, 2.45) is 17.8 Å². The van der Waals surface area contributed by atoms with Crippen molar-refractivity contribution in [2.45, 2.75) is 70.1 Å². The molecule has 3 nitrogen and oxygen atoms in total. The quantitative estimate of drug-likeness (QED) is 0.860. The molecule has 0 aromatic carbocycles. The molecule has 0 spiro atoms. The van der Waals surface area contributed by atoms with Gasteiger partial charge in [-0.1, -0.05) is 32.1 Å². The third kappa shape index (κ3) is 3.55. The van der Waals surface area contributed by atoms with E-state index in [1.807, 2.05) is 0 Å². The summed E-state index contributed by atoms with van der Waals surface area (Å²) in [7, 11) is 1.77. The van der Waals surface area contributed by atoms with Crippen molar-refractivity contribution in [1.29, 1.82) is 0 Å². The number of nitrogens with one attached hydrogen (secondary N) is 1. The van der Waals surface area contributed by atoms with Crippen molar-refractivity contribution in [2.75, 3.05) is 20.3 Å². The van der Waals surface area contributed by atoms with E-state index >= 15 is 0 Å². The predicted molar refractivity (Wildman–Crippen MR) is 80.6 cm³/mol. The van der Waals surface area contributed by atoms with Crippen LogP contribution in [0, 0.1) is 17.8 Å². The normalized spacial score (nSPS) is 40.6.